The highest BCUT2D eigenvalue weighted by Gasteiger charge is 2.18. The van der Waals surface area contributed by atoms with Crippen LogP contribution in [0.15, 0.2) is 17.5 Å². The first kappa shape index (κ1) is 13.0. The fourth-order valence-corrected chi connectivity index (χ4v) is 2.81. The van der Waals surface area contributed by atoms with Gasteiger partial charge in [-0.1, -0.05) is 6.07 Å². The molecule has 2 rings (SSSR count). The number of thiophene rings is 1. The summed E-state index contributed by atoms with van der Waals surface area (Å²) in [6, 6.07) is 4.89. The molecule has 0 radical (unpaired) electrons. The fourth-order valence-electron chi connectivity index (χ4n) is 1.98. The molecular weight excluding hydrogens is 234 g/mol. The molecule has 0 spiro atoms. The summed E-state index contributed by atoms with van der Waals surface area (Å²) in [5, 5.41) is 2.14. The van der Waals surface area contributed by atoms with Crippen molar-refractivity contribution >= 4 is 11.3 Å². The van der Waals surface area contributed by atoms with Gasteiger partial charge in [-0.15, -0.1) is 11.3 Å². The van der Waals surface area contributed by atoms with E-state index in [4.69, 9.17) is 9.47 Å². The zero-order valence-electron chi connectivity index (χ0n) is 10.6. The van der Waals surface area contributed by atoms with E-state index in [2.05, 4.69) is 36.4 Å². The van der Waals surface area contributed by atoms with Gasteiger partial charge in [0.15, 0.2) is 6.29 Å². The second-order valence-corrected chi connectivity index (χ2v) is 5.61. The van der Waals surface area contributed by atoms with Gasteiger partial charge >= 0.3 is 0 Å². The van der Waals surface area contributed by atoms with Gasteiger partial charge in [0.1, 0.15) is 0 Å². The lowest BCUT2D eigenvalue weighted by atomic mass is 10.2. The lowest BCUT2D eigenvalue weighted by Crippen LogP contribution is -2.33. The summed E-state index contributed by atoms with van der Waals surface area (Å²) in [7, 11) is 2.17. The van der Waals surface area contributed by atoms with Crippen molar-refractivity contribution in [2.45, 2.75) is 32.1 Å². The van der Waals surface area contributed by atoms with Crippen molar-refractivity contribution in [2.75, 3.05) is 26.8 Å². The molecule has 1 saturated heterocycles. The third-order valence-electron chi connectivity index (χ3n) is 3.24. The van der Waals surface area contributed by atoms with Gasteiger partial charge in [0, 0.05) is 23.9 Å². The predicted octanol–water partition coefficient (Wildman–Crippen LogP) is 2.37. The first-order chi connectivity index (χ1) is 8.25. The van der Waals surface area contributed by atoms with E-state index in [9.17, 15) is 0 Å². The van der Waals surface area contributed by atoms with Gasteiger partial charge in [-0.3, -0.25) is 0 Å². The average Bonchev–Trinajstić information content (AvgIpc) is 2.98. The lowest BCUT2D eigenvalue weighted by molar-refractivity contribution is -0.0517. The Kier molecular flexibility index (Phi) is 4.98. The molecular formula is C13H21NO2S. The van der Waals surface area contributed by atoms with Crippen molar-refractivity contribution < 1.29 is 9.47 Å². The Morgan fingerprint density at radius 3 is 2.88 bits per heavy atom. The predicted molar refractivity (Wildman–Crippen MR) is 70.4 cm³/mol. The van der Waals surface area contributed by atoms with Crippen LogP contribution in [0.5, 0.6) is 0 Å². The molecule has 1 aromatic heterocycles. The van der Waals surface area contributed by atoms with E-state index >= 15 is 0 Å². The standard InChI is InChI=1S/C13H21NO2S/c1-11(10-12-4-3-9-17-12)14(2)6-5-13-15-7-8-16-13/h3-4,9,11,13H,5-8,10H2,1-2H3/t11-/m1/s1. The van der Waals surface area contributed by atoms with Crippen LogP contribution in [0, 0.1) is 0 Å². The average molecular weight is 255 g/mol. The molecule has 1 aliphatic rings. The number of nitrogens with zero attached hydrogens (tertiary/aromatic N) is 1. The van der Waals surface area contributed by atoms with Gasteiger partial charge in [-0.05, 0) is 31.8 Å². The molecule has 0 unspecified atom stereocenters. The van der Waals surface area contributed by atoms with Crippen LogP contribution in [-0.4, -0.2) is 44.0 Å². The van der Waals surface area contributed by atoms with E-state index < -0.39 is 0 Å². The monoisotopic (exact) mass is 255 g/mol. The molecule has 96 valence electrons. The first-order valence-corrected chi connectivity index (χ1v) is 7.09. The summed E-state index contributed by atoms with van der Waals surface area (Å²) >= 11 is 1.84. The first-order valence-electron chi connectivity index (χ1n) is 6.21. The van der Waals surface area contributed by atoms with Crippen molar-refractivity contribution in [1.82, 2.24) is 4.90 Å². The van der Waals surface area contributed by atoms with Gasteiger partial charge in [-0.2, -0.15) is 0 Å². The maximum absolute atomic E-state index is 5.44. The van der Waals surface area contributed by atoms with Gasteiger partial charge in [0.25, 0.3) is 0 Å². The van der Waals surface area contributed by atoms with Crippen LogP contribution in [0.1, 0.15) is 18.2 Å². The Morgan fingerprint density at radius 1 is 1.47 bits per heavy atom. The Bertz CT molecular complexity index is 309. The van der Waals surface area contributed by atoms with Crippen LogP contribution in [0.4, 0.5) is 0 Å². The zero-order chi connectivity index (χ0) is 12.1. The molecule has 1 aliphatic heterocycles. The van der Waals surface area contributed by atoms with Crippen LogP contribution in [0.2, 0.25) is 0 Å². The molecule has 0 bridgehead atoms. The summed E-state index contributed by atoms with van der Waals surface area (Å²) in [6.45, 7) is 4.80. The molecule has 1 atom stereocenters. The number of hydrogen-bond donors (Lipinski definition) is 0. The van der Waals surface area contributed by atoms with E-state index in [1.807, 2.05) is 11.3 Å². The highest BCUT2D eigenvalue weighted by Crippen LogP contribution is 2.15. The summed E-state index contributed by atoms with van der Waals surface area (Å²) in [6.07, 6.45) is 2.11. The molecule has 0 N–H and O–H groups in total. The third kappa shape index (κ3) is 4.07. The number of hydrogen-bond acceptors (Lipinski definition) is 4. The topological polar surface area (TPSA) is 21.7 Å². The van der Waals surface area contributed by atoms with Gasteiger partial charge in [-0.25, -0.2) is 0 Å². The van der Waals surface area contributed by atoms with Crippen LogP contribution >= 0.6 is 11.3 Å². The second-order valence-electron chi connectivity index (χ2n) is 4.57. The van der Waals surface area contributed by atoms with Crippen LogP contribution < -0.4 is 0 Å². The molecule has 4 heteroatoms. The number of ether oxygens (including phenoxy) is 2. The molecule has 1 aromatic rings. The summed E-state index contributed by atoms with van der Waals surface area (Å²) in [5.74, 6) is 0. The highest BCUT2D eigenvalue weighted by atomic mass is 32.1. The zero-order valence-corrected chi connectivity index (χ0v) is 11.4. The Balaban J connectivity index is 1.69. The summed E-state index contributed by atoms with van der Waals surface area (Å²) < 4.78 is 10.9. The quantitative estimate of drug-likeness (QED) is 0.779. The minimum Gasteiger partial charge on any atom is -0.350 e. The van der Waals surface area contributed by atoms with Crippen LogP contribution in [-0.2, 0) is 15.9 Å². The molecule has 3 nitrogen and oxygen atoms in total. The molecule has 0 aromatic carbocycles. The van der Waals surface area contributed by atoms with Crippen molar-refractivity contribution in [3.63, 3.8) is 0 Å². The molecule has 0 amide bonds. The lowest BCUT2D eigenvalue weighted by Gasteiger charge is -2.25. The smallest absolute Gasteiger partial charge is 0.159 e. The van der Waals surface area contributed by atoms with Crippen molar-refractivity contribution in [2.24, 2.45) is 0 Å². The van der Waals surface area contributed by atoms with Crippen LogP contribution in [0.3, 0.4) is 0 Å². The number of likely N-dealkylation sites (N-methyl/N-ethyl adjacent to an activating group) is 1. The Hall–Kier alpha value is -0.420. The Labute approximate surface area is 107 Å². The van der Waals surface area contributed by atoms with Crippen molar-refractivity contribution in [1.29, 1.82) is 0 Å². The number of rotatable bonds is 6. The fraction of sp³-hybridized carbons (Fsp3) is 0.692. The van der Waals surface area contributed by atoms with E-state index in [1.54, 1.807) is 0 Å². The second kappa shape index (κ2) is 6.50. The summed E-state index contributed by atoms with van der Waals surface area (Å²) in [5.41, 5.74) is 0. The third-order valence-corrected chi connectivity index (χ3v) is 4.14. The largest absolute Gasteiger partial charge is 0.350 e. The molecule has 1 fully saturated rings. The van der Waals surface area contributed by atoms with E-state index in [0.29, 0.717) is 6.04 Å². The Morgan fingerprint density at radius 2 is 2.24 bits per heavy atom. The van der Waals surface area contributed by atoms with Crippen molar-refractivity contribution in [3.05, 3.63) is 22.4 Å². The van der Waals surface area contributed by atoms with Gasteiger partial charge in [0.2, 0.25) is 0 Å². The highest BCUT2D eigenvalue weighted by molar-refractivity contribution is 7.09. The van der Waals surface area contributed by atoms with Gasteiger partial charge in [0.05, 0.1) is 13.2 Å². The molecule has 2 heterocycles. The van der Waals surface area contributed by atoms with E-state index in [1.165, 1.54) is 4.88 Å². The van der Waals surface area contributed by atoms with E-state index in [-0.39, 0.29) is 6.29 Å². The summed E-state index contributed by atoms with van der Waals surface area (Å²) in [4.78, 5) is 3.84. The minimum atomic E-state index is 0.0198. The molecule has 17 heavy (non-hydrogen) atoms. The molecule has 0 aliphatic carbocycles. The normalized spacial score (nSPS) is 19.0. The SMILES string of the molecule is C[C@H](Cc1cccs1)N(C)CCC1OCCO1. The molecule has 0 saturated carbocycles. The van der Waals surface area contributed by atoms with Gasteiger partial charge < -0.3 is 14.4 Å². The maximum atomic E-state index is 5.44. The maximum Gasteiger partial charge on any atom is 0.159 e. The van der Waals surface area contributed by atoms with Crippen LogP contribution in [0.25, 0.3) is 0 Å². The van der Waals surface area contributed by atoms with E-state index in [0.717, 1.165) is 32.6 Å². The van der Waals surface area contributed by atoms with Crippen molar-refractivity contribution in [3.8, 4) is 0 Å². The minimum absolute atomic E-state index is 0.0198.